The minimum Gasteiger partial charge on any atom is -0.444 e. The van der Waals surface area contributed by atoms with E-state index in [4.69, 9.17) is 4.74 Å². The van der Waals surface area contributed by atoms with Gasteiger partial charge in [-0.3, -0.25) is 5.32 Å². The molecule has 1 aromatic rings. The van der Waals surface area contributed by atoms with Gasteiger partial charge in [-0.05, 0) is 47.1 Å². The molecule has 0 fully saturated rings. The van der Waals surface area contributed by atoms with E-state index in [2.05, 4.69) is 15.2 Å². The lowest BCUT2D eigenvalue weighted by molar-refractivity contribution is -0.117. The third-order valence-electron chi connectivity index (χ3n) is 3.71. The lowest BCUT2D eigenvalue weighted by Gasteiger charge is -2.19. The molecule has 134 valence electrons. The van der Waals surface area contributed by atoms with Crippen LogP contribution in [0.4, 0.5) is 9.93 Å². The molecule has 7 heteroatoms. The Bertz CT molecular complexity index is 567. The highest BCUT2D eigenvalue weighted by atomic mass is 32.1. The number of carbonyl (C=O) groups is 2. The van der Waals surface area contributed by atoms with Crippen LogP contribution < -0.4 is 5.32 Å². The third-order valence-corrected chi connectivity index (χ3v) is 4.78. The molecule has 0 spiro atoms. The van der Waals surface area contributed by atoms with Crippen LogP contribution in [-0.4, -0.2) is 47.0 Å². The van der Waals surface area contributed by atoms with E-state index in [0.29, 0.717) is 11.6 Å². The van der Waals surface area contributed by atoms with Crippen molar-refractivity contribution in [3.8, 4) is 0 Å². The highest BCUT2D eigenvalue weighted by molar-refractivity contribution is 7.15. The smallest absolute Gasteiger partial charge is 0.413 e. The number of nitrogens with zero attached hydrogens (tertiary/aromatic N) is 2. The van der Waals surface area contributed by atoms with Crippen LogP contribution in [-0.2, 0) is 22.4 Å². The molecule has 1 N–H and O–H groups in total. The second-order valence-corrected chi connectivity index (χ2v) is 8.25. The Balaban J connectivity index is 1.86. The number of ketones is 1. The molecule has 1 aromatic heterocycles. The molecule has 6 nitrogen and oxygen atoms in total. The van der Waals surface area contributed by atoms with Gasteiger partial charge in [0.15, 0.2) is 5.13 Å². The summed E-state index contributed by atoms with van der Waals surface area (Å²) in [5, 5.41) is 3.34. The van der Waals surface area contributed by atoms with E-state index in [9.17, 15) is 9.59 Å². The number of ether oxygens (including phenoxy) is 1. The van der Waals surface area contributed by atoms with Crippen molar-refractivity contribution in [2.24, 2.45) is 0 Å². The standard InChI is InChI=1S/C17H27N3O3S/c1-12(21)6-5-9-20-10-7-13-14(8-11-20)24-15(18-13)19-16(22)23-17(2,3)4/h5-11H2,1-4H3,(H,18,19,22). The van der Waals surface area contributed by atoms with E-state index >= 15 is 0 Å². The summed E-state index contributed by atoms with van der Waals surface area (Å²) in [5.74, 6) is 0.253. The van der Waals surface area contributed by atoms with Crippen LogP contribution in [0.15, 0.2) is 0 Å². The van der Waals surface area contributed by atoms with Gasteiger partial charge in [0.25, 0.3) is 0 Å². The van der Waals surface area contributed by atoms with Crippen molar-refractivity contribution in [1.82, 2.24) is 9.88 Å². The number of hydrogen-bond donors (Lipinski definition) is 1. The molecule has 24 heavy (non-hydrogen) atoms. The van der Waals surface area contributed by atoms with Gasteiger partial charge in [-0.15, -0.1) is 11.3 Å². The zero-order valence-electron chi connectivity index (χ0n) is 15.0. The Labute approximate surface area is 147 Å². The maximum Gasteiger partial charge on any atom is 0.413 e. The highest BCUT2D eigenvalue weighted by Crippen LogP contribution is 2.27. The first-order valence-electron chi connectivity index (χ1n) is 8.43. The quantitative estimate of drug-likeness (QED) is 0.880. The van der Waals surface area contributed by atoms with Gasteiger partial charge in [0.05, 0.1) is 5.69 Å². The molecule has 1 amide bonds. The van der Waals surface area contributed by atoms with Crippen LogP contribution in [0.1, 0.15) is 51.1 Å². The molecule has 0 saturated carbocycles. The average molecular weight is 353 g/mol. The fourth-order valence-corrected chi connectivity index (χ4v) is 3.61. The fourth-order valence-electron chi connectivity index (χ4n) is 2.63. The minimum atomic E-state index is -0.515. The lowest BCUT2D eigenvalue weighted by Crippen LogP contribution is -2.28. The van der Waals surface area contributed by atoms with Gasteiger partial charge in [0.2, 0.25) is 0 Å². The number of aromatic nitrogens is 1. The van der Waals surface area contributed by atoms with Gasteiger partial charge in [0.1, 0.15) is 11.4 Å². The molecular weight excluding hydrogens is 326 g/mol. The van der Waals surface area contributed by atoms with Crippen molar-refractivity contribution >= 4 is 28.3 Å². The summed E-state index contributed by atoms with van der Waals surface area (Å²) in [6.45, 7) is 10.0. The van der Waals surface area contributed by atoms with E-state index in [1.54, 1.807) is 6.92 Å². The molecular formula is C17H27N3O3S. The monoisotopic (exact) mass is 353 g/mol. The molecule has 0 radical (unpaired) electrons. The van der Waals surface area contributed by atoms with Crippen molar-refractivity contribution in [2.45, 2.75) is 59.0 Å². The Morgan fingerprint density at radius 3 is 2.67 bits per heavy atom. The SMILES string of the molecule is CC(=O)CCCN1CCc2nc(NC(=O)OC(C)(C)C)sc2CC1. The number of amides is 1. The van der Waals surface area contributed by atoms with E-state index in [0.717, 1.165) is 44.6 Å². The van der Waals surface area contributed by atoms with Gasteiger partial charge in [0, 0.05) is 30.8 Å². The summed E-state index contributed by atoms with van der Waals surface area (Å²) < 4.78 is 5.26. The zero-order chi connectivity index (χ0) is 17.7. The fraction of sp³-hybridized carbons (Fsp3) is 0.706. The van der Waals surface area contributed by atoms with Crippen LogP contribution >= 0.6 is 11.3 Å². The third kappa shape index (κ3) is 6.20. The summed E-state index contributed by atoms with van der Waals surface area (Å²) in [5.41, 5.74) is 0.554. The number of rotatable bonds is 5. The molecule has 0 saturated heterocycles. The first-order valence-corrected chi connectivity index (χ1v) is 9.25. The predicted molar refractivity (Wildman–Crippen MR) is 95.7 cm³/mol. The number of hydrogen-bond acceptors (Lipinski definition) is 6. The number of anilines is 1. The average Bonchev–Trinajstić information content (AvgIpc) is 2.71. The summed E-state index contributed by atoms with van der Waals surface area (Å²) in [7, 11) is 0. The van der Waals surface area contributed by atoms with Crippen LogP contribution in [0.5, 0.6) is 0 Å². The summed E-state index contributed by atoms with van der Waals surface area (Å²) in [6, 6.07) is 0. The van der Waals surface area contributed by atoms with Gasteiger partial charge in [-0.2, -0.15) is 0 Å². The predicted octanol–water partition coefficient (Wildman–Crippen LogP) is 3.26. The normalized spacial score (nSPS) is 15.5. The Morgan fingerprint density at radius 1 is 1.29 bits per heavy atom. The first kappa shape index (κ1) is 18.9. The first-order chi connectivity index (χ1) is 11.2. The van der Waals surface area contributed by atoms with E-state index < -0.39 is 11.7 Å². The number of nitrogens with one attached hydrogen (secondary N) is 1. The number of thiazole rings is 1. The van der Waals surface area contributed by atoms with Crippen molar-refractivity contribution in [2.75, 3.05) is 25.0 Å². The lowest BCUT2D eigenvalue weighted by atomic mass is 10.2. The van der Waals surface area contributed by atoms with Crippen LogP contribution in [0, 0.1) is 0 Å². The largest absolute Gasteiger partial charge is 0.444 e. The van der Waals surface area contributed by atoms with Gasteiger partial charge in [-0.25, -0.2) is 9.78 Å². The summed E-state index contributed by atoms with van der Waals surface area (Å²) >= 11 is 1.53. The topological polar surface area (TPSA) is 71.5 Å². The molecule has 0 unspecified atom stereocenters. The summed E-state index contributed by atoms with van der Waals surface area (Å²) in [4.78, 5) is 31.0. The van der Waals surface area contributed by atoms with Gasteiger partial charge >= 0.3 is 6.09 Å². The maximum atomic E-state index is 11.8. The maximum absolute atomic E-state index is 11.8. The molecule has 1 aliphatic rings. The van der Waals surface area contributed by atoms with Crippen molar-refractivity contribution < 1.29 is 14.3 Å². The van der Waals surface area contributed by atoms with E-state index in [1.165, 1.54) is 16.2 Å². The number of carbonyl (C=O) groups excluding carboxylic acids is 2. The van der Waals surface area contributed by atoms with Crippen molar-refractivity contribution in [3.05, 3.63) is 10.6 Å². The van der Waals surface area contributed by atoms with E-state index in [-0.39, 0.29) is 5.78 Å². The molecule has 0 aliphatic carbocycles. The molecule has 1 aliphatic heterocycles. The molecule has 0 aromatic carbocycles. The second kappa shape index (κ2) is 8.07. The zero-order valence-corrected chi connectivity index (χ0v) is 15.8. The Morgan fingerprint density at radius 2 is 2.00 bits per heavy atom. The Hall–Kier alpha value is -1.47. The van der Waals surface area contributed by atoms with Crippen molar-refractivity contribution in [3.63, 3.8) is 0 Å². The van der Waals surface area contributed by atoms with Crippen LogP contribution in [0.25, 0.3) is 0 Å². The van der Waals surface area contributed by atoms with Crippen LogP contribution in [0.3, 0.4) is 0 Å². The molecule has 0 bridgehead atoms. The molecule has 0 atom stereocenters. The highest BCUT2D eigenvalue weighted by Gasteiger charge is 2.21. The second-order valence-electron chi connectivity index (χ2n) is 7.16. The molecule has 2 rings (SSSR count). The number of Topliss-reactive ketones (excluding diaryl/α,β-unsaturated/α-hetero) is 1. The van der Waals surface area contributed by atoms with E-state index in [1.807, 2.05) is 20.8 Å². The van der Waals surface area contributed by atoms with Gasteiger partial charge in [-0.1, -0.05) is 0 Å². The molecule has 2 heterocycles. The van der Waals surface area contributed by atoms with Crippen LogP contribution in [0.2, 0.25) is 0 Å². The summed E-state index contributed by atoms with van der Waals surface area (Å²) in [6.07, 6.45) is 2.92. The Kier molecular flexibility index (Phi) is 6.34. The number of fused-ring (bicyclic) bond motifs is 1. The van der Waals surface area contributed by atoms with Gasteiger partial charge < -0.3 is 14.4 Å². The van der Waals surface area contributed by atoms with Crippen molar-refractivity contribution in [1.29, 1.82) is 0 Å². The minimum absolute atomic E-state index is 0.253.